The zero-order valence-corrected chi connectivity index (χ0v) is 23.5. The summed E-state index contributed by atoms with van der Waals surface area (Å²) in [5.74, 6) is -0.769. The van der Waals surface area contributed by atoms with Gasteiger partial charge in [0.25, 0.3) is 5.91 Å². The number of halogens is 1. The van der Waals surface area contributed by atoms with Crippen molar-refractivity contribution in [3.8, 4) is 10.4 Å². The van der Waals surface area contributed by atoms with Gasteiger partial charge in [-0.3, -0.25) is 9.59 Å². The van der Waals surface area contributed by atoms with Crippen molar-refractivity contribution in [3.05, 3.63) is 87.1 Å². The molecular formula is C28H28ClN4O3S2-. The summed E-state index contributed by atoms with van der Waals surface area (Å²) in [6, 6.07) is 19.2. The highest BCUT2D eigenvalue weighted by atomic mass is 35.5. The SMILES string of the molecule is CC(C)(C(=O)NC(=[N-])SC=N)C(c1ccccc1)c1ccc(-c2ccc(C(=O)N3CCOCC3)c(Cl)c2)s1. The Balaban J connectivity index is 1.64. The third-order valence-corrected chi connectivity index (χ3v) is 8.48. The highest BCUT2D eigenvalue weighted by Crippen LogP contribution is 2.45. The molecule has 4 rings (SSSR count). The van der Waals surface area contributed by atoms with Gasteiger partial charge in [0.05, 0.1) is 29.3 Å². The molecule has 1 aliphatic rings. The minimum absolute atomic E-state index is 0.102. The largest absolute Gasteiger partial charge is 0.459 e. The van der Waals surface area contributed by atoms with Crippen LogP contribution in [0.25, 0.3) is 15.8 Å². The van der Waals surface area contributed by atoms with Crippen LogP contribution < -0.4 is 5.32 Å². The average molecular weight is 568 g/mol. The number of hydrogen-bond donors (Lipinski definition) is 2. The van der Waals surface area contributed by atoms with Gasteiger partial charge in [0.1, 0.15) is 0 Å². The predicted octanol–water partition coefficient (Wildman–Crippen LogP) is 6.08. The third-order valence-electron chi connectivity index (χ3n) is 6.52. The lowest BCUT2D eigenvalue weighted by Gasteiger charge is -2.35. The van der Waals surface area contributed by atoms with Gasteiger partial charge in [-0.05, 0) is 40.6 Å². The van der Waals surface area contributed by atoms with E-state index in [1.165, 1.54) is 0 Å². The first-order valence-electron chi connectivity index (χ1n) is 12.1. The Morgan fingerprint density at radius 2 is 1.87 bits per heavy atom. The molecule has 0 saturated carbocycles. The van der Waals surface area contributed by atoms with E-state index in [-0.39, 0.29) is 22.9 Å². The molecule has 1 aromatic heterocycles. The average Bonchev–Trinajstić information content (AvgIpc) is 3.39. The summed E-state index contributed by atoms with van der Waals surface area (Å²) in [6.07, 6.45) is 0. The molecule has 3 aromatic rings. The second-order valence-electron chi connectivity index (χ2n) is 9.36. The van der Waals surface area contributed by atoms with Gasteiger partial charge in [0, 0.05) is 34.2 Å². The fourth-order valence-corrected chi connectivity index (χ4v) is 6.34. The van der Waals surface area contributed by atoms with Gasteiger partial charge in [-0.25, -0.2) is 0 Å². The molecule has 1 unspecified atom stereocenters. The number of amidine groups is 1. The first kappa shape index (κ1) is 28.0. The summed E-state index contributed by atoms with van der Waals surface area (Å²) in [7, 11) is 0. The number of amides is 2. The normalized spacial score (nSPS) is 14.6. The second-order valence-corrected chi connectivity index (χ2v) is 11.7. The van der Waals surface area contributed by atoms with Crippen molar-refractivity contribution < 1.29 is 14.3 Å². The van der Waals surface area contributed by atoms with E-state index in [9.17, 15) is 15.0 Å². The molecule has 1 saturated heterocycles. The molecule has 0 radical (unpaired) electrons. The van der Waals surface area contributed by atoms with Crippen molar-refractivity contribution in [1.29, 1.82) is 5.41 Å². The Kier molecular flexibility index (Phi) is 9.04. The number of nitrogens with one attached hydrogen (secondary N) is 2. The molecule has 198 valence electrons. The van der Waals surface area contributed by atoms with Gasteiger partial charge in [0.2, 0.25) is 0 Å². The molecule has 38 heavy (non-hydrogen) atoms. The molecule has 7 nitrogen and oxygen atoms in total. The van der Waals surface area contributed by atoms with Gasteiger partial charge in [-0.15, -0.1) is 11.3 Å². The minimum Gasteiger partial charge on any atom is -0.459 e. The minimum atomic E-state index is -0.938. The Bertz CT molecular complexity index is 1340. The molecule has 0 spiro atoms. The monoisotopic (exact) mass is 567 g/mol. The summed E-state index contributed by atoms with van der Waals surface area (Å²) in [5.41, 5.74) is 2.32. The molecule has 1 atom stereocenters. The Morgan fingerprint density at radius 1 is 1.16 bits per heavy atom. The van der Waals surface area contributed by atoms with Gasteiger partial charge < -0.3 is 25.8 Å². The molecule has 0 bridgehead atoms. The highest BCUT2D eigenvalue weighted by Gasteiger charge is 2.38. The summed E-state index contributed by atoms with van der Waals surface area (Å²) in [6.45, 7) is 5.82. The number of rotatable bonds is 7. The molecule has 2 aromatic carbocycles. The lowest BCUT2D eigenvalue weighted by Crippen LogP contribution is -2.42. The fourth-order valence-electron chi connectivity index (χ4n) is 4.50. The second kappa shape index (κ2) is 12.3. The quantitative estimate of drug-likeness (QED) is 0.266. The van der Waals surface area contributed by atoms with E-state index in [1.807, 2.05) is 68.4 Å². The number of carbonyl (C=O) groups excluding carboxylic acids is 2. The molecule has 2 N–H and O–H groups in total. The van der Waals surface area contributed by atoms with Crippen molar-refractivity contribution in [2.45, 2.75) is 19.8 Å². The zero-order valence-electron chi connectivity index (χ0n) is 21.1. The number of thiophene rings is 1. The first-order chi connectivity index (χ1) is 18.2. The van der Waals surface area contributed by atoms with Crippen LogP contribution in [-0.4, -0.2) is 53.7 Å². The van der Waals surface area contributed by atoms with Crippen LogP contribution >= 0.6 is 34.7 Å². The molecule has 1 fully saturated rings. The molecule has 10 heteroatoms. The van der Waals surface area contributed by atoms with Crippen LogP contribution in [0, 0.1) is 10.8 Å². The van der Waals surface area contributed by atoms with E-state index >= 15 is 0 Å². The maximum Gasteiger partial charge on any atom is 0.255 e. The molecule has 1 aliphatic heterocycles. The van der Waals surface area contributed by atoms with Crippen molar-refractivity contribution in [2.75, 3.05) is 26.3 Å². The van der Waals surface area contributed by atoms with E-state index in [0.717, 1.165) is 38.2 Å². The molecule has 2 heterocycles. The van der Waals surface area contributed by atoms with E-state index in [4.69, 9.17) is 21.7 Å². The number of benzene rings is 2. The van der Waals surface area contributed by atoms with E-state index in [2.05, 4.69) is 5.32 Å². The summed E-state index contributed by atoms with van der Waals surface area (Å²) < 4.78 is 5.34. The predicted molar refractivity (Wildman–Crippen MR) is 156 cm³/mol. The number of ether oxygens (including phenoxy) is 1. The van der Waals surface area contributed by atoms with Crippen LogP contribution in [0.3, 0.4) is 0 Å². The zero-order chi connectivity index (χ0) is 27.3. The van der Waals surface area contributed by atoms with Crippen LogP contribution in [0.15, 0.2) is 60.7 Å². The maximum absolute atomic E-state index is 13.3. The van der Waals surface area contributed by atoms with Crippen LogP contribution in [0.5, 0.6) is 0 Å². The smallest absolute Gasteiger partial charge is 0.255 e. The van der Waals surface area contributed by atoms with Gasteiger partial charge in [-0.2, -0.15) is 0 Å². The van der Waals surface area contributed by atoms with Crippen molar-refractivity contribution in [2.24, 2.45) is 5.41 Å². The maximum atomic E-state index is 13.3. The summed E-state index contributed by atoms with van der Waals surface area (Å²) in [4.78, 5) is 29.9. The Labute approximate surface area is 235 Å². The van der Waals surface area contributed by atoms with Gasteiger partial charge in [-0.1, -0.05) is 73.6 Å². The molecule has 2 amide bonds. The third kappa shape index (κ3) is 6.18. The van der Waals surface area contributed by atoms with Crippen LogP contribution in [0.1, 0.15) is 40.6 Å². The topological polar surface area (TPSA) is 105 Å². The number of morpholine rings is 1. The molecular weight excluding hydrogens is 540 g/mol. The Morgan fingerprint density at radius 3 is 2.53 bits per heavy atom. The summed E-state index contributed by atoms with van der Waals surface area (Å²) >= 11 is 8.86. The van der Waals surface area contributed by atoms with Gasteiger partial charge in [0.15, 0.2) is 5.91 Å². The van der Waals surface area contributed by atoms with Crippen LogP contribution in [0.4, 0.5) is 0 Å². The van der Waals surface area contributed by atoms with E-state index < -0.39 is 5.41 Å². The number of nitrogens with zero attached hydrogens (tertiary/aromatic N) is 2. The van der Waals surface area contributed by atoms with Gasteiger partial charge >= 0.3 is 0 Å². The number of carbonyl (C=O) groups is 2. The number of thioether (sulfide) groups is 1. The van der Waals surface area contributed by atoms with E-state index in [1.54, 1.807) is 22.3 Å². The van der Waals surface area contributed by atoms with Crippen molar-refractivity contribution in [1.82, 2.24) is 10.2 Å². The fraction of sp³-hybridized carbons (Fsp3) is 0.286. The standard InChI is InChI=1S/C28H28ClN4O3S2/c1-28(2,26(35)32-27(31)37-17-30)24(18-6-4-3-5-7-18)23-11-10-22(38-23)19-8-9-20(21(29)16-19)25(34)33-12-14-36-15-13-33/h3-11,16-17,24,30H,12-15H2,1-2H3,(H-,31,32,35)/q-1. The molecule has 0 aliphatic carbocycles. The number of hydrogen-bond acceptors (Lipinski definition) is 6. The van der Waals surface area contributed by atoms with Crippen LogP contribution in [-0.2, 0) is 9.53 Å². The first-order valence-corrected chi connectivity index (χ1v) is 14.1. The van der Waals surface area contributed by atoms with Crippen LogP contribution in [0.2, 0.25) is 5.02 Å². The van der Waals surface area contributed by atoms with Crippen molar-refractivity contribution >= 4 is 57.2 Å². The van der Waals surface area contributed by atoms with E-state index in [0.29, 0.717) is 36.9 Å². The Hall–Kier alpha value is -2.98. The highest BCUT2D eigenvalue weighted by molar-refractivity contribution is 8.25. The lowest BCUT2D eigenvalue weighted by molar-refractivity contribution is -0.128. The lowest BCUT2D eigenvalue weighted by atomic mass is 9.73. The van der Waals surface area contributed by atoms with Crippen molar-refractivity contribution in [3.63, 3.8) is 0 Å². The summed E-state index contributed by atoms with van der Waals surface area (Å²) in [5, 5.41) is 19.7.